The molecule has 19 heavy (non-hydrogen) atoms. The number of nitro groups is 1. The van der Waals surface area contributed by atoms with E-state index >= 15 is 0 Å². The lowest BCUT2D eigenvalue weighted by Gasteiger charge is -1.98. The summed E-state index contributed by atoms with van der Waals surface area (Å²) >= 11 is 1.50. The van der Waals surface area contributed by atoms with Crippen molar-refractivity contribution in [1.29, 1.82) is 0 Å². The second-order valence-electron chi connectivity index (χ2n) is 3.52. The summed E-state index contributed by atoms with van der Waals surface area (Å²) in [5.74, 6) is -0.414. The second-order valence-corrected chi connectivity index (χ2v) is 4.50. The molecule has 7 heteroatoms. The monoisotopic (exact) mass is 275 g/mol. The van der Waals surface area contributed by atoms with E-state index in [-0.39, 0.29) is 5.69 Å². The Morgan fingerprint density at radius 3 is 2.63 bits per heavy atom. The number of hydrogen-bond acceptors (Lipinski definition) is 5. The lowest BCUT2D eigenvalue weighted by atomic mass is 10.2. The van der Waals surface area contributed by atoms with Crippen LogP contribution in [0.15, 0.2) is 46.9 Å². The summed E-state index contributed by atoms with van der Waals surface area (Å²) in [5.41, 5.74) is 2.61. The SMILES string of the molecule is O=C(NN=Cc1cccs1)c1ccc([N+](=O)[O-])cc1. The van der Waals surface area contributed by atoms with E-state index in [0.29, 0.717) is 5.56 Å². The number of hydrogen-bond donors (Lipinski definition) is 1. The highest BCUT2D eigenvalue weighted by Gasteiger charge is 2.08. The first-order chi connectivity index (χ1) is 9.16. The van der Waals surface area contributed by atoms with Crippen LogP contribution in [-0.4, -0.2) is 17.0 Å². The predicted molar refractivity (Wildman–Crippen MR) is 72.5 cm³/mol. The van der Waals surface area contributed by atoms with Gasteiger partial charge in [-0.25, -0.2) is 5.43 Å². The molecule has 0 saturated carbocycles. The lowest BCUT2D eigenvalue weighted by molar-refractivity contribution is -0.384. The van der Waals surface area contributed by atoms with E-state index in [0.717, 1.165) is 4.88 Å². The maximum absolute atomic E-state index is 11.7. The van der Waals surface area contributed by atoms with Crippen molar-refractivity contribution in [2.75, 3.05) is 0 Å². The molecule has 0 atom stereocenters. The minimum absolute atomic E-state index is 0.0568. The normalized spacial score (nSPS) is 10.5. The topological polar surface area (TPSA) is 84.6 Å². The molecular formula is C12H9N3O3S. The molecule has 0 aliphatic rings. The Morgan fingerprint density at radius 1 is 1.32 bits per heavy atom. The first-order valence-corrected chi connectivity index (χ1v) is 6.16. The van der Waals surface area contributed by atoms with Crippen LogP contribution in [0.3, 0.4) is 0 Å². The van der Waals surface area contributed by atoms with E-state index in [1.807, 2.05) is 17.5 Å². The van der Waals surface area contributed by atoms with Gasteiger partial charge in [0.15, 0.2) is 0 Å². The van der Waals surface area contributed by atoms with Gasteiger partial charge >= 0.3 is 0 Å². The number of benzene rings is 1. The second kappa shape index (κ2) is 5.87. The number of carbonyl (C=O) groups excluding carboxylic acids is 1. The molecule has 0 fully saturated rings. The molecule has 2 rings (SSSR count). The molecule has 1 heterocycles. The molecule has 0 aliphatic heterocycles. The van der Waals surface area contributed by atoms with Crippen molar-refractivity contribution in [3.8, 4) is 0 Å². The van der Waals surface area contributed by atoms with Gasteiger partial charge in [-0.2, -0.15) is 5.10 Å². The molecule has 0 unspecified atom stereocenters. The number of thiophene rings is 1. The molecule has 2 aromatic rings. The highest BCUT2D eigenvalue weighted by Crippen LogP contribution is 2.11. The van der Waals surface area contributed by atoms with E-state index < -0.39 is 10.8 Å². The summed E-state index contributed by atoms with van der Waals surface area (Å²) in [6, 6.07) is 9.06. The fourth-order valence-electron chi connectivity index (χ4n) is 1.32. The van der Waals surface area contributed by atoms with E-state index in [9.17, 15) is 14.9 Å². The van der Waals surface area contributed by atoms with Gasteiger partial charge in [-0.3, -0.25) is 14.9 Å². The minimum Gasteiger partial charge on any atom is -0.267 e. The number of nitro benzene ring substituents is 1. The van der Waals surface area contributed by atoms with Crippen molar-refractivity contribution in [3.63, 3.8) is 0 Å². The highest BCUT2D eigenvalue weighted by atomic mass is 32.1. The van der Waals surface area contributed by atoms with Gasteiger partial charge < -0.3 is 0 Å². The van der Waals surface area contributed by atoms with Crippen LogP contribution in [0.25, 0.3) is 0 Å². The third kappa shape index (κ3) is 3.46. The molecular weight excluding hydrogens is 266 g/mol. The molecule has 0 spiro atoms. The Balaban J connectivity index is 1.98. The average molecular weight is 275 g/mol. The average Bonchev–Trinajstić information content (AvgIpc) is 2.92. The standard InChI is InChI=1S/C12H9N3O3S/c16-12(14-13-8-11-2-1-7-19-11)9-3-5-10(6-4-9)15(17)18/h1-8H,(H,14,16). The smallest absolute Gasteiger partial charge is 0.267 e. The minimum atomic E-state index is -0.517. The number of amides is 1. The number of nitrogens with one attached hydrogen (secondary N) is 1. The molecule has 1 N–H and O–H groups in total. The summed E-state index contributed by atoms with van der Waals surface area (Å²) in [6.45, 7) is 0. The summed E-state index contributed by atoms with van der Waals surface area (Å²) in [4.78, 5) is 22.5. The van der Waals surface area contributed by atoms with Crippen molar-refractivity contribution in [1.82, 2.24) is 5.43 Å². The number of hydrazone groups is 1. The van der Waals surface area contributed by atoms with Gasteiger partial charge in [-0.1, -0.05) is 6.07 Å². The molecule has 96 valence electrons. The lowest BCUT2D eigenvalue weighted by Crippen LogP contribution is -2.17. The first kappa shape index (κ1) is 12.9. The van der Waals surface area contributed by atoms with E-state index in [1.54, 1.807) is 0 Å². The Hall–Kier alpha value is -2.54. The molecule has 1 aromatic carbocycles. The fraction of sp³-hybridized carbons (Fsp3) is 0. The number of rotatable bonds is 4. The third-order valence-corrected chi connectivity index (χ3v) is 3.05. The van der Waals surface area contributed by atoms with Crippen molar-refractivity contribution < 1.29 is 9.72 Å². The number of carbonyl (C=O) groups is 1. The molecule has 0 radical (unpaired) electrons. The van der Waals surface area contributed by atoms with E-state index in [1.165, 1.54) is 41.8 Å². The van der Waals surface area contributed by atoms with Crippen LogP contribution in [0.5, 0.6) is 0 Å². The van der Waals surface area contributed by atoms with Crippen LogP contribution in [-0.2, 0) is 0 Å². The van der Waals surface area contributed by atoms with Gasteiger partial charge in [0.1, 0.15) is 0 Å². The molecule has 0 bridgehead atoms. The first-order valence-electron chi connectivity index (χ1n) is 5.28. The number of non-ortho nitro benzene ring substituents is 1. The van der Waals surface area contributed by atoms with Crippen molar-refractivity contribution in [2.45, 2.75) is 0 Å². The highest BCUT2D eigenvalue weighted by molar-refractivity contribution is 7.11. The van der Waals surface area contributed by atoms with Gasteiger partial charge in [0.25, 0.3) is 11.6 Å². The van der Waals surface area contributed by atoms with Gasteiger partial charge in [0.2, 0.25) is 0 Å². The van der Waals surface area contributed by atoms with Gasteiger partial charge in [-0.15, -0.1) is 11.3 Å². The fourth-order valence-corrected chi connectivity index (χ4v) is 1.90. The largest absolute Gasteiger partial charge is 0.271 e. The zero-order valence-corrected chi connectivity index (χ0v) is 10.5. The van der Waals surface area contributed by atoms with Crippen LogP contribution < -0.4 is 5.43 Å². The van der Waals surface area contributed by atoms with E-state index in [4.69, 9.17) is 0 Å². The van der Waals surface area contributed by atoms with Gasteiger partial charge in [0, 0.05) is 22.6 Å². The van der Waals surface area contributed by atoms with Crippen LogP contribution >= 0.6 is 11.3 Å². The zero-order valence-electron chi connectivity index (χ0n) is 9.65. The van der Waals surface area contributed by atoms with Crippen molar-refractivity contribution >= 4 is 29.1 Å². The summed E-state index contributed by atoms with van der Waals surface area (Å²) < 4.78 is 0. The van der Waals surface area contributed by atoms with Crippen LogP contribution in [0.1, 0.15) is 15.2 Å². The Kier molecular flexibility index (Phi) is 3.99. The molecule has 1 amide bonds. The van der Waals surface area contributed by atoms with Crippen molar-refractivity contribution in [3.05, 3.63) is 62.3 Å². The number of nitrogens with zero attached hydrogens (tertiary/aromatic N) is 2. The van der Waals surface area contributed by atoms with Gasteiger partial charge in [-0.05, 0) is 23.6 Å². The van der Waals surface area contributed by atoms with Crippen LogP contribution in [0.4, 0.5) is 5.69 Å². The van der Waals surface area contributed by atoms with Gasteiger partial charge in [0.05, 0.1) is 11.1 Å². The summed E-state index contributed by atoms with van der Waals surface area (Å²) in [6.07, 6.45) is 1.54. The van der Waals surface area contributed by atoms with Crippen LogP contribution in [0.2, 0.25) is 0 Å². The predicted octanol–water partition coefficient (Wildman–Crippen LogP) is 2.42. The Labute approximate surface area is 112 Å². The third-order valence-electron chi connectivity index (χ3n) is 2.24. The Bertz CT molecular complexity index is 606. The quantitative estimate of drug-likeness (QED) is 0.528. The molecule has 6 nitrogen and oxygen atoms in total. The molecule has 0 saturated heterocycles. The maximum Gasteiger partial charge on any atom is 0.271 e. The van der Waals surface area contributed by atoms with E-state index in [2.05, 4.69) is 10.5 Å². The Morgan fingerprint density at radius 2 is 2.05 bits per heavy atom. The summed E-state index contributed by atoms with van der Waals surface area (Å²) in [5, 5.41) is 16.2. The zero-order chi connectivity index (χ0) is 13.7. The maximum atomic E-state index is 11.7. The summed E-state index contributed by atoms with van der Waals surface area (Å²) in [7, 11) is 0. The van der Waals surface area contributed by atoms with Crippen LogP contribution in [0, 0.1) is 10.1 Å². The molecule has 1 aromatic heterocycles. The van der Waals surface area contributed by atoms with Crippen molar-refractivity contribution in [2.24, 2.45) is 5.10 Å². The molecule has 0 aliphatic carbocycles.